The Balaban J connectivity index is 1.99. The van der Waals surface area contributed by atoms with Gasteiger partial charge in [0.25, 0.3) is 0 Å². The van der Waals surface area contributed by atoms with E-state index < -0.39 is 0 Å². The van der Waals surface area contributed by atoms with Crippen LogP contribution in [-0.4, -0.2) is 4.98 Å². The lowest BCUT2D eigenvalue weighted by atomic mass is 10.3. The topological polar surface area (TPSA) is 24.9 Å². The Bertz CT molecular complexity index is 436. The molecule has 0 aliphatic heterocycles. The van der Waals surface area contributed by atoms with Crippen molar-refractivity contribution < 1.29 is 0 Å². The molecular formula is C11H11BrN2S. The fraction of sp³-hybridized carbons (Fsp3) is 0.182. The quantitative estimate of drug-likeness (QED) is 0.926. The molecule has 2 aromatic heterocycles. The number of halogens is 1. The summed E-state index contributed by atoms with van der Waals surface area (Å²) in [5, 5.41) is 5.36. The van der Waals surface area contributed by atoms with E-state index in [2.05, 4.69) is 43.7 Å². The summed E-state index contributed by atoms with van der Waals surface area (Å²) >= 11 is 5.24. The molecule has 0 atom stereocenters. The van der Waals surface area contributed by atoms with Crippen LogP contribution in [0, 0.1) is 6.92 Å². The second-order valence-corrected chi connectivity index (χ2v) is 5.12. The Labute approximate surface area is 101 Å². The number of nitrogens with zero attached hydrogens (tertiary/aromatic N) is 1. The minimum absolute atomic E-state index is 0.814. The molecule has 0 amide bonds. The average Bonchev–Trinajstić information content (AvgIpc) is 2.63. The largest absolute Gasteiger partial charge is 0.365 e. The summed E-state index contributed by atoms with van der Waals surface area (Å²) in [6, 6.07) is 6.11. The number of anilines is 1. The maximum Gasteiger partial charge on any atom is 0.126 e. The SMILES string of the molecule is Cc1ccc(NCc2sccc2Br)nc1. The van der Waals surface area contributed by atoms with Crippen LogP contribution in [0.3, 0.4) is 0 Å². The number of thiophene rings is 1. The zero-order chi connectivity index (χ0) is 10.7. The molecule has 0 aromatic carbocycles. The summed E-state index contributed by atoms with van der Waals surface area (Å²) in [6.45, 7) is 2.85. The highest BCUT2D eigenvalue weighted by molar-refractivity contribution is 9.10. The summed E-state index contributed by atoms with van der Waals surface area (Å²) in [7, 11) is 0. The van der Waals surface area contributed by atoms with Crippen molar-refractivity contribution in [1.29, 1.82) is 0 Å². The van der Waals surface area contributed by atoms with E-state index in [1.807, 2.05) is 19.2 Å². The van der Waals surface area contributed by atoms with Gasteiger partial charge in [-0.15, -0.1) is 11.3 Å². The van der Waals surface area contributed by atoms with E-state index in [-0.39, 0.29) is 0 Å². The van der Waals surface area contributed by atoms with Gasteiger partial charge in [0.2, 0.25) is 0 Å². The zero-order valence-electron chi connectivity index (χ0n) is 8.33. The molecule has 2 rings (SSSR count). The molecule has 4 heteroatoms. The molecule has 0 fully saturated rings. The van der Waals surface area contributed by atoms with Crippen molar-refractivity contribution in [3.8, 4) is 0 Å². The van der Waals surface area contributed by atoms with Gasteiger partial charge in [0.05, 0.1) is 6.54 Å². The predicted molar refractivity (Wildman–Crippen MR) is 68.3 cm³/mol. The average molecular weight is 283 g/mol. The van der Waals surface area contributed by atoms with Crippen LogP contribution in [-0.2, 0) is 6.54 Å². The van der Waals surface area contributed by atoms with Crippen LogP contribution in [0.4, 0.5) is 5.82 Å². The minimum atomic E-state index is 0.814. The number of hydrogen-bond acceptors (Lipinski definition) is 3. The fourth-order valence-corrected chi connectivity index (χ4v) is 2.63. The molecule has 2 nitrogen and oxygen atoms in total. The Morgan fingerprint density at radius 1 is 1.40 bits per heavy atom. The second kappa shape index (κ2) is 4.77. The third-order valence-electron chi connectivity index (χ3n) is 2.03. The molecule has 78 valence electrons. The van der Waals surface area contributed by atoms with Gasteiger partial charge >= 0.3 is 0 Å². The second-order valence-electron chi connectivity index (χ2n) is 3.27. The van der Waals surface area contributed by atoms with E-state index in [1.165, 1.54) is 10.4 Å². The summed E-state index contributed by atoms with van der Waals surface area (Å²) in [5.74, 6) is 0.918. The van der Waals surface area contributed by atoms with Gasteiger partial charge in [-0.1, -0.05) is 6.07 Å². The fourth-order valence-electron chi connectivity index (χ4n) is 1.19. The van der Waals surface area contributed by atoms with E-state index in [4.69, 9.17) is 0 Å². The van der Waals surface area contributed by atoms with Gasteiger partial charge in [-0.2, -0.15) is 0 Å². The van der Waals surface area contributed by atoms with Crippen molar-refractivity contribution in [2.45, 2.75) is 13.5 Å². The molecule has 0 saturated carbocycles. The first-order valence-electron chi connectivity index (χ1n) is 4.64. The molecule has 1 N–H and O–H groups in total. The van der Waals surface area contributed by atoms with Crippen molar-refractivity contribution in [3.05, 3.63) is 44.7 Å². The number of hydrogen-bond donors (Lipinski definition) is 1. The third-order valence-corrected chi connectivity index (χ3v) is 3.96. The normalized spacial score (nSPS) is 10.3. The third kappa shape index (κ3) is 2.79. The van der Waals surface area contributed by atoms with Crippen molar-refractivity contribution in [2.75, 3.05) is 5.32 Å². The molecule has 0 unspecified atom stereocenters. The van der Waals surface area contributed by atoms with E-state index >= 15 is 0 Å². The van der Waals surface area contributed by atoms with Crippen LogP contribution in [0.5, 0.6) is 0 Å². The molecule has 0 aliphatic carbocycles. The predicted octanol–water partition coefficient (Wildman–Crippen LogP) is 3.83. The number of aromatic nitrogens is 1. The number of nitrogens with one attached hydrogen (secondary N) is 1. The van der Waals surface area contributed by atoms with Gasteiger partial charge in [-0.3, -0.25) is 0 Å². The van der Waals surface area contributed by atoms with Crippen LogP contribution in [0.25, 0.3) is 0 Å². The molecule has 0 bridgehead atoms. The summed E-state index contributed by atoms with van der Waals surface area (Å²) in [5.41, 5.74) is 1.18. The molecular weight excluding hydrogens is 272 g/mol. The van der Waals surface area contributed by atoms with Gasteiger partial charge in [0.15, 0.2) is 0 Å². The molecule has 0 saturated heterocycles. The Kier molecular flexibility index (Phi) is 3.38. The Hall–Kier alpha value is -0.870. The highest BCUT2D eigenvalue weighted by atomic mass is 79.9. The van der Waals surface area contributed by atoms with E-state index in [9.17, 15) is 0 Å². The van der Waals surface area contributed by atoms with Crippen LogP contribution < -0.4 is 5.32 Å². The highest BCUT2D eigenvalue weighted by Gasteiger charge is 2.00. The highest BCUT2D eigenvalue weighted by Crippen LogP contribution is 2.23. The van der Waals surface area contributed by atoms with Crippen LogP contribution in [0.1, 0.15) is 10.4 Å². The molecule has 0 spiro atoms. The minimum Gasteiger partial charge on any atom is -0.365 e. The van der Waals surface area contributed by atoms with Crippen LogP contribution in [0.15, 0.2) is 34.2 Å². The smallest absolute Gasteiger partial charge is 0.126 e. The maximum atomic E-state index is 4.29. The number of rotatable bonds is 3. The van der Waals surface area contributed by atoms with Crippen molar-refractivity contribution in [1.82, 2.24) is 4.98 Å². The van der Waals surface area contributed by atoms with Crippen molar-refractivity contribution >= 4 is 33.1 Å². The molecule has 0 radical (unpaired) electrons. The Morgan fingerprint density at radius 2 is 2.27 bits per heavy atom. The van der Waals surface area contributed by atoms with Gasteiger partial charge in [-0.05, 0) is 45.9 Å². The lowest BCUT2D eigenvalue weighted by Gasteiger charge is -2.04. The molecule has 2 aromatic rings. The maximum absolute atomic E-state index is 4.29. The summed E-state index contributed by atoms with van der Waals surface area (Å²) in [6.07, 6.45) is 1.87. The first-order valence-corrected chi connectivity index (χ1v) is 6.31. The Morgan fingerprint density at radius 3 is 2.87 bits per heavy atom. The first kappa shape index (κ1) is 10.6. The summed E-state index contributed by atoms with van der Waals surface area (Å²) < 4.78 is 1.16. The van der Waals surface area contributed by atoms with E-state index in [1.54, 1.807) is 11.3 Å². The standard InChI is InChI=1S/C11H11BrN2S/c1-8-2-3-11(13-6-8)14-7-10-9(12)4-5-15-10/h2-6H,7H2,1H3,(H,13,14). The van der Waals surface area contributed by atoms with Crippen molar-refractivity contribution in [3.63, 3.8) is 0 Å². The number of aryl methyl sites for hydroxylation is 1. The van der Waals surface area contributed by atoms with E-state index in [0.29, 0.717) is 0 Å². The summed E-state index contributed by atoms with van der Waals surface area (Å²) in [4.78, 5) is 5.57. The van der Waals surface area contributed by atoms with E-state index in [0.717, 1.165) is 16.8 Å². The monoisotopic (exact) mass is 282 g/mol. The van der Waals surface area contributed by atoms with Crippen LogP contribution in [0.2, 0.25) is 0 Å². The van der Waals surface area contributed by atoms with Crippen LogP contribution >= 0.6 is 27.3 Å². The lowest BCUT2D eigenvalue weighted by Crippen LogP contribution is -1.99. The molecule has 15 heavy (non-hydrogen) atoms. The number of pyridine rings is 1. The molecule has 2 heterocycles. The van der Waals surface area contributed by atoms with Gasteiger partial charge < -0.3 is 5.32 Å². The molecule has 0 aliphatic rings. The van der Waals surface area contributed by atoms with Gasteiger partial charge in [-0.25, -0.2) is 4.98 Å². The van der Waals surface area contributed by atoms with Crippen molar-refractivity contribution in [2.24, 2.45) is 0 Å². The zero-order valence-corrected chi connectivity index (χ0v) is 10.7. The first-order chi connectivity index (χ1) is 7.25. The van der Waals surface area contributed by atoms with Gasteiger partial charge in [0.1, 0.15) is 5.82 Å². The lowest BCUT2D eigenvalue weighted by molar-refractivity contribution is 1.13. The van der Waals surface area contributed by atoms with Gasteiger partial charge in [0, 0.05) is 15.5 Å².